The molecule has 1 unspecified atom stereocenters. The Labute approximate surface area is 146 Å². The van der Waals surface area contributed by atoms with Crippen molar-refractivity contribution in [3.8, 4) is 17.2 Å². The number of carbonyl (C=O) groups is 1. The van der Waals surface area contributed by atoms with Gasteiger partial charge in [0, 0.05) is 24.8 Å². The molecular formula is C19H20N2O4. The number of rotatable bonds is 3. The molecule has 0 saturated carbocycles. The van der Waals surface area contributed by atoms with E-state index in [1.54, 1.807) is 24.3 Å². The lowest BCUT2D eigenvalue weighted by molar-refractivity contribution is 0.174. The SMILES string of the molecule is O=C(Nc1ccc2c(c1)OCO2)N1CCC(Cc2cccc(O)c2)C1. The number of benzene rings is 2. The number of likely N-dealkylation sites (tertiary alicyclic amines) is 1. The Hall–Kier alpha value is -2.89. The highest BCUT2D eigenvalue weighted by molar-refractivity contribution is 5.90. The molecule has 0 spiro atoms. The maximum atomic E-state index is 12.5. The van der Waals surface area contributed by atoms with Gasteiger partial charge in [-0.15, -0.1) is 0 Å². The van der Waals surface area contributed by atoms with Gasteiger partial charge in [-0.1, -0.05) is 12.1 Å². The minimum Gasteiger partial charge on any atom is -0.508 e. The predicted octanol–water partition coefficient (Wildman–Crippen LogP) is 3.22. The third-order valence-corrected chi connectivity index (χ3v) is 4.63. The molecule has 0 aliphatic carbocycles. The van der Waals surface area contributed by atoms with E-state index in [0.717, 1.165) is 24.9 Å². The molecule has 25 heavy (non-hydrogen) atoms. The van der Waals surface area contributed by atoms with Crippen molar-refractivity contribution in [1.82, 2.24) is 4.90 Å². The number of phenols is 1. The van der Waals surface area contributed by atoms with Crippen LogP contribution in [0.4, 0.5) is 10.5 Å². The van der Waals surface area contributed by atoms with Crippen molar-refractivity contribution in [3.63, 3.8) is 0 Å². The number of urea groups is 1. The number of ether oxygens (including phenoxy) is 2. The molecule has 2 aromatic carbocycles. The molecule has 4 rings (SSSR count). The van der Waals surface area contributed by atoms with Crippen molar-refractivity contribution in [2.24, 2.45) is 5.92 Å². The Morgan fingerprint density at radius 1 is 1.20 bits per heavy atom. The zero-order chi connectivity index (χ0) is 17.2. The molecule has 1 saturated heterocycles. The Morgan fingerprint density at radius 3 is 2.96 bits per heavy atom. The van der Waals surface area contributed by atoms with Crippen molar-refractivity contribution in [1.29, 1.82) is 0 Å². The summed E-state index contributed by atoms with van der Waals surface area (Å²) in [6.07, 6.45) is 1.83. The van der Waals surface area contributed by atoms with E-state index in [-0.39, 0.29) is 18.6 Å². The summed E-state index contributed by atoms with van der Waals surface area (Å²) in [6.45, 7) is 1.67. The molecule has 2 heterocycles. The molecule has 2 amide bonds. The molecule has 0 aromatic heterocycles. The summed E-state index contributed by atoms with van der Waals surface area (Å²) >= 11 is 0. The molecule has 2 aliphatic rings. The van der Waals surface area contributed by atoms with Crippen LogP contribution in [0.15, 0.2) is 42.5 Å². The van der Waals surface area contributed by atoms with Crippen molar-refractivity contribution < 1.29 is 19.4 Å². The summed E-state index contributed by atoms with van der Waals surface area (Å²) in [5.74, 6) is 2.04. The summed E-state index contributed by atoms with van der Waals surface area (Å²) in [7, 11) is 0. The third-order valence-electron chi connectivity index (χ3n) is 4.63. The first-order valence-electron chi connectivity index (χ1n) is 8.41. The number of anilines is 1. The molecule has 0 bridgehead atoms. The summed E-state index contributed by atoms with van der Waals surface area (Å²) < 4.78 is 10.6. The third kappa shape index (κ3) is 3.47. The number of aromatic hydroxyl groups is 1. The van der Waals surface area contributed by atoms with E-state index in [1.807, 2.05) is 23.1 Å². The fourth-order valence-corrected chi connectivity index (χ4v) is 3.38. The van der Waals surface area contributed by atoms with Crippen LogP contribution < -0.4 is 14.8 Å². The van der Waals surface area contributed by atoms with E-state index in [2.05, 4.69) is 5.32 Å². The molecule has 6 heteroatoms. The van der Waals surface area contributed by atoms with E-state index in [4.69, 9.17) is 9.47 Å². The highest BCUT2D eigenvalue weighted by Crippen LogP contribution is 2.34. The van der Waals surface area contributed by atoms with Crippen LogP contribution in [0.1, 0.15) is 12.0 Å². The summed E-state index contributed by atoms with van der Waals surface area (Å²) in [4.78, 5) is 14.3. The van der Waals surface area contributed by atoms with Gasteiger partial charge in [0.05, 0.1) is 0 Å². The van der Waals surface area contributed by atoms with Gasteiger partial charge < -0.3 is 24.8 Å². The monoisotopic (exact) mass is 340 g/mol. The molecule has 2 aromatic rings. The zero-order valence-electron chi connectivity index (χ0n) is 13.8. The molecule has 6 nitrogen and oxygen atoms in total. The van der Waals surface area contributed by atoms with Crippen molar-refractivity contribution in [2.45, 2.75) is 12.8 Å². The zero-order valence-corrected chi connectivity index (χ0v) is 13.8. The Bertz CT molecular complexity index is 793. The molecule has 130 valence electrons. The second-order valence-electron chi connectivity index (χ2n) is 6.47. The fourth-order valence-electron chi connectivity index (χ4n) is 3.38. The standard InChI is InChI=1S/C19H20N2O4/c22-16-3-1-2-13(9-16)8-14-6-7-21(11-14)19(23)20-15-4-5-17-18(10-15)25-12-24-17/h1-5,9-10,14,22H,6-8,11-12H2,(H,20,23). The number of hydrogen-bond acceptors (Lipinski definition) is 4. The lowest BCUT2D eigenvalue weighted by Crippen LogP contribution is -2.33. The second-order valence-corrected chi connectivity index (χ2v) is 6.47. The highest BCUT2D eigenvalue weighted by atomic mass is 16.7. The average Bonchev–Trinajstić information content (AvgIpc) is 3.23. The largest absolute Gasteiger partial charge is 0.508 e. The van der Waals surface area contributed by atoms with Crippen molar-refractivity contribution in [2.75, 3.05) is 25.2 Å². The van der Waals surface area contributed by atoms with Crippen LogP contribution in [-0.4, -0.2) is 35.9 Å². The second kappa shape index (κ2) is 6.55. The van der Waals surface area contributed by atoms with Gasteiger partial charge in [0.15, 0.2) is 11.5 Å². The van der Waals surface area contributed by atoms with Crippen molar-refractivity contribution in [3.05, 3.63) is 48.0 Å². The Morgan fingerprint density at radius 2 is 2.08 bits per heavy atom. The number of carbonyl (C=O) groups excluding carboxylic acids is 1. The van der Waals surface area contributed by atoms with Crippen LogP contribution in [0.2, 0.25) is 0 Å². The fraction of sp³-hybridized carbons (Fsp3) is 0.316. The molecule has 1 atom stereocenters. The predicted molar refractivity (Wildman–Crippen MR) is 93.1 cm³/mol. The Kier molecular flexibility index (Phi) is 4.09. The minimum absolute atomic E-state index is 0.0997. The van der Waals surface area contributed by atoms with E-state index < -0.39 is 0 Å². The van der Waals surface area contributed by atoms with Gasteiger partial charge in [-0.2, -0.15) is 0 Å². The number of hydrogen-bond donors (Lipinski definition) is 2. The van der Waals surface area contributed by atoms with E-state index in [0.29, 0.717) is 29.6 Å². The lowest BCUT2D eigenvalue weighted by atomic mass is 9.99. The maximum Gasteiger partial charge on any atom is 0.321 e. The number of nitrogens with one attached hydrogen (secondary N) is 1. The van der Waals surface area contributed by atoms with Gasteiger partial charge in [0.2, 0.25) is 6.79 Å². The number of fused-ring (bicyclic) bond motifs is 1. The molecule has 1 fully saturated rings. The first kappa shape index (κ1) is 15.6. The summed E-state index contributed by atoms with van der Waals surface area (Å²) in [5.41, 5.74) is 1.80. The van der Waals surface area contributed by atoms with Gasteiger partial charge in [-0.3, -0.25) is 0 Å². The molecular weight excluding hydrogens is 320 g/mol. The van der Waals surface area contributed by atoms with Gasteiger partial charge in [0.25, 0.3) is 0 Å². The van der Waals surface area contributed by atoms with Crippen LogP contribution >= 0.6 is 0 Å². The average molecular weight is 340 g/mol. The first-order chi connectivity index (χ1) is 12.2. The summed E-state index contributed by atoms with van der Waals surface area (Å²) in [6, 6.07) is 12.6. The quantitative estimate of drug-likeness (QED) is 0.900. The number of nitrogens with zero attached hydrogens (tertiary/aromatic N) is 1. The van der Waals surface area contributed by atoms with Gasteiger partial charge >= 0.3 is 6.03 Å². The van der Waals surface area contributed by atoms with Crippen molar-refractivity contribution >= 4 is 11.7 Å². The van der Waals surface area contributed by atoms with Crippen LogP contribution in [0.3, 0.4) is 0 Å². The Balaban J connectivity index is 1.34. The molecule has 2 N–H and O–H groups in total. The van der Waals surface area contributed by atoms with E-state index in [1.165, 1.54) is 0 Å². The van der Waals surface area contributed by atoms with Crippen LogP contribution in [0, 0.1) is 5.92 Å². The van der Waals surface area contributed by atoms with Crippen LogP contribution in [-0.2, 0) is 6.42 Å². The first-order valence-corrected chi connectivity index (χ1v) is 8.41. The summed E-state index contributed by atoms with van der Waals surface area (Å²) in [5, 5.41) is 12.5. The lowest BCUT2D eigenvalue weighted by Gasteiger charge is -2.17. The van der Waals surface area contributed by atoms with Crippen LogP contribution in [0.5, 0.6) is 17.2 Å². The van der Waals surface area contributed by atoms with Gasteiger partial charge in [-0.05, 0) is 48.6 Å². The normalized spacial score (nSPS) is 18.4. The molecule has 2 aliphatic heterocycles. The van der Waals surface area contributed by atoms with E-state index in [9.17, 15) is 9.90 Å². The van der Waals surface area contributed by atoms with Gasteiger partial charge in [0.1, 0.15) is 5.75 Å². The van der Waals surface area contributed by atoms with E-state index >= 15 is 0 Å². The topological polar surface area (TPSA) is 71.0 Å². The van der Waals surface area contributed by atoms with Gasteiger partial charge in [-0.25, -0.2) is 4.79 Å². The number of amides is 2. The smallest absolute Gasteiger partial charge is 0.321 e. The highest BCUT2D eigenvalue weighted by Gasteiger charge is 2.26. The molecule has 0 radical (unpaired) electrons. The maximum absolute atomic E-state index is 12.5. The number of phenolic OH excluding ortho intramolecular Hbond substituents is 1. The van der Waals surface area contributed by atoms with Crippen LogP contribution in [0.25, 0.3) is 0 Å². The minimum atomic E-state index is -0.0997.